The van der Waals surface area contributed by atoms with Gasteiger partial charge >= 0.3 is 0 Å². The zero-order valence-corrected chi connectivity index (χ0v) is 20.7. The highest BCUT2D eigenvalue weighted by Gasteiger charge is 2.36. The summed E-state index contributed by atoms with van der Waals surface area (Å²) >= 11 is 0. The van der Waals surface area contributed by atoms with E-state index in [0.29, 0.717) is 30.2 Å². The summed E-state index contributed by atoms with van der Waals surface area (Å²) in [5.74, 6) is 0.714. The van der Waals surface area contributed by atoms with Gasteiger partial charge in [-0.2, -0.15) is 0 Å². The third-order valence-corrected chi connectivity index (χ3v) is 7.30. The van der Waals surface area contributed by atoms with Crippen LogP contribution in [0.1, 0.15) is 50.9 Å². The Morgan fingerprint density at radius 2 is 1.64 bits per heavy atom. The van der Waals surface area contributed by atoms with Gasteiger partial charge < -0.3 is 19.9 Å². The minimum absolute atomic E-state index is 0.00242. The number of ether oxygens (including phenoxy) is 1. The van der Waals surface area contributed by atoms with Crippen molar-refractivity contribution in [2.24, 2.45) is 5.92 Å². The fraction of sp³-hybridized carbons (Fsp3) is 0.333. The highest BCUT2D eigenvalue weighted by Crippen LogP contribution is 2.34. The second-order valence-electron chi connectivity index (χ2n) is 9.63. The Bertz CT molecular complexity index is 1190. The van der Waals surface area contributed by atoms with Gasteiger partial charge in [0.05, 0.1) is 6.61 Å². The summed E-state index contributed by atoms with van der Waals surface area (Å²) in [7, 11) is 1.64. The number of carbonyl (C=O) groups is 2. The molecule has 0 spiro atoms. The SMILES string of the molecule is COCCN1C(=O)c2ccccc2C1Nc1ccc(C(=O)N2CCC(Cc3ccccc3)CC2)cc1. The Morgan fingerprint density at radius 1 is 0.944 bits per heavy atom. The quantitative estimate of drug-likeness (QED) is 0.490. The summed E-state index contributed by atoms with van der Waals surface area (Å²) < 4.78 is 5.22. The van der Waals surface area contributed by atoms with E-state index in [1.54, 1.807) is 12.0 Å². The van der Waals surface area contributed by atoms with Crippen molar-refractivity contribution >= 4 is 17.5 Å². The van der Waals surface area contributed by atoms with Crippen LogP contribution in [-0.4, -0.2) is 55.0 Å². The average Bonchev–Trinajstić information content (AvgIpc) is 3.19. The molecule has 1 saturated heterocycles. The fourth-order valence-electron chi connectivity index (χ4n) is 5.28. The third-order valence-electron chi connectivity index (χ3n) is 7.30. The molecule has 2 aliphatic heterocycles. The van der Waals surface area contributed by atoms with Crippen LogP contribution < -0.4 is 5.32 Å². The molecule has 36 heavy (non-hydrogen) atoms. The van der Waals surface area contributed by atoms with Crippen molar-refractivity contribution in [2.75, 3.05) is 38.7 Å². The Labute approximate surface area is 212 Å². The maximum atomic E-state index is 13.1. The van der Waals surface area contributed by atoms with Crippen molar-refractivity contribution in [3.05, 3.63) is 101 Å². The van der Waals surface area contributed by atoms with Crippen molar-refractivity contribution in [1.82, 2.24) is 9.80 Å². The van der Waals surface area contributed by atoms with E-state index in [1.165, 1.54) is 5.56 Å². The summed E-state index contributed by atoms with van der Waals surface area (Å²) in [5.41, 5.74) is 4.61. The monoisotopic (exact) mass is 483 g/mol. The van der Waals surface area contributed by atoms with Gasteiger partial charge in [-0.3, -0.25) is 9.59 Å². The Kier molecular flexibility index (Phi) is 7.33. The lowest BCUT2D eigenvalue weighted by Gasteiger charge is -2.32. The number of nitrogens with zero attached hydrogens (tertiary/aromatic N) is 2. The van der Waals surface area contributed by atoms with E-state index in [-0.39, 0.29) is 18.0 Å². The van der Waals surface area contributed by atoms with Crippen molar-refractivity contribution in [2.45, 2.75) is 25.4 Å². The van der Waals surface area contributed by atoms with Crippen molar-refractivity contribution in [1.29, 1.82) is 0 Å². The molecule has 0 aromatic heterocycles. The number of amides is 2. The summed E-state index contributed by atoms with van der Waals surface area (Å²) in [5, 5.41) is 3.49. The number of carbonyl (C=O) groups excluding carboxylic acids is 2. The molecule has 3 aromatic carbocycles. The number of hydrogen-bond acceptors (Lipinski definition) is 4. The summed E-state index contributed by atoms with van der Waals surface area (Å²) in [6.45, 7) is 2.56. The van der Waals surface area contributed by atoms with Crippen LogP contribution >= 0.6 is 0 Å². The molecule has 1 fully saturated rings. The second-order valence-corrected chi connectivity index (χ2v) is 9.63. The van der Waals surface area contributed by atoms with Crippen LogP contribution in [0.25, 0.3) is 0 Å². The van der Waals surface area contributed by atoms with Crippen LogP contribution in [0.4, 0.5) is 5.69 Å². The number of hydrogen-bond donors (Lipinski definition) is 1. The number of likely N-dealkylation sites (tertiary alicyclic amines) is 1. The first kappa shape index (κ1) is 24.1. The number of rotatable bonds is 8. The predicted octanol–water partition coefficient (Wildman–Crippen LogP) is 4.99. The van der Waals surface area contributed by atoms with E-state index in [4.69, 9.17) is 4.74 Å². The van der Waals surface area contributed by atoms with Crippen LogP contribution in [0.2, 0.25) is 0 Å². The van der Waals surface area contributed by atoms with Crippen LogP contribution in [0.5, 0.6) is 0 Å². The number of nitrogens with one attached hydrogen (secondary N) is 1. The van der Waals surface area contributed by atoms with E-state index >= 15 is 0 Å². The second kappa shape index (κ2) is 11.0. The number of benzene rings is 3. The zero-order valence-electron chi connectivity index (χ0n) is 20.7. The zero-order chi connectivity index (χ0) is 24.9. The molecule has 0 bridgehead atoms. The van der Waals surface area contributed by atoms with E-state index in [2.05, 4.69) is 35.6 Å². The lowest BCUT2D eigenvalue weighted by molar-refractivity contribution is 0.0673. The summed E-state index contributed by atoms with van der Waals surface area (Å²) in [6, 6.07) is 25.9. The molecule has 6 nitrogen and oxygen atoms in total. The van der Waals surface area contributed by atoms with Crippen LogP contribution in [0.3, 0.4) is 0 Å². The molecule has 1 atom stereocenters. The third kappa shape index (κ3) is 5.14. The molecule has 0 aliphatic carbocycles. The van der Waals surface area contributed by atoms with E-state index < -0.39 is 0 Å². The van der Waals surface area contributed by atoms with Gasteiger partial charge in [0.15, 0.2) is 0 Å². The average molecular weight is 484 g/mol. The van der Waals surface area contributed by atoms with E-state index in [0.717, 1.165) is 43.6 Å². The molecule has 6 heteroatoms. The predicted molar refractivity (Wildman–Crippen MR) is 141 cm³/mol. The van der Waals surface area contributed by atoms with Crippen molar-refractivity contribution in [3.63, 3.8) is 0 Å². The minimum Gasteiger partial charge on any atom is -0.383 e. The first-order chi connectivity index (χ1) is 17.6. The van der Waals surface area contributed by atoms with Gasteiger partial charge in [-0.1, -0.05) is 48.5 Å². The van der Waals surface area contributed by atoms with Crippen LogP contribution in [0, 0.1) is 5.92 Å². The number of anilines is 1. The fourth-order valence-corrected chi connectivity index (χ4v) is 5.28. The standard InChI is InChI=1S/C30H33N3O3/c1-36-20-19-33-28(26-9-5-6-10-27(26)30(33)35)31-25-13-11-24(12-14-25)29(34)32-17-15-23(16-18-32)21-22-7-3-2-4-8-22/h2-14,23,28,31H,15-21H2,1H3. The molecule has 1 unspecified atom stereocenters. The first-order valence-corrected chi connectivity index (χ1v) is 12.7. The topological polar surface area (TPSA) is 61.9 Å². The highest BCUT2D eigenvalue weighted by molar-refractivity contribution is 5.99. The molecule has 1 N–H and O–H groups in total. The highest BCUT2D eigenvalue weighted by atomic mass is 16.5. The van der Waals surface area contributed by atoms with Gasteiger partial charge in [-0.15, -0.1) is 0 Å². The normalized spacial score (nSPS) is 17.8. The molecule has 2 heterocycles. The molecular formula is C30H33N3O3. The molecule has 3 aromatic rings. The number of fused-ring (bicyclic) bond motifs is 1. The maximum absolute atomic E-state index is 13.1. The lowest BCUT2D eigenvalue weighted by Crippen LogP contribution is -2.38. The largest absolute Gasteiger partial charge is 0.383 e. The Balaban J connectivity index is 1.21. The van der Waals surface area contributed by atoms with Gasteiger partial charge in [0.25, 0.3) is 11.8 Å². The number of methoxy groups -OCH3 is 1. The van der Waals surface area contributed by atoms with E-state index in [9.17, 15) is 9.59 Å². The summed E-state index contributed by atoms with van der Waals surface area (Å²) in [4.78, 5) is 29.8. The molecule has 5 rings (SSSR count). The maximum Gasteiger partial charge on any atom is 0.256 e. The van der Waals surface area contributed by atoms with Gasteiger partial charge in [-0.05, 0) is 61.1 Å². The van der Waals surface area contributed by atoms with Crippen LogP contribution in [0.15, 0.2) is 78.9 Å². The summed E-state index contributed by atoms with van der Waals surface area (Å²) in [6.07, 6.45) is 2.88. The molecule has 2 amide bonds. The van der Waals surface area contributed by atoms with Gasteiger partial charge in [-0.25, -0.2) is 0 Å². The lowest BCUT2D eigenvalue weighted by atomic mass is 9.90. The molecular weight excluding hydrogens is 450 g/mol. The Morgan fingerprint density at radius 3 is 2.36 bits per heavy atom. The molecule has 2 aliphatic rings. The van der Waals surface area contributed by atoms with Crippen molar-refractivity contribution in [3.8, 4) is 0 Å². The van der Waals surface area contributed by atoms with Crippen molar-refractivity contribution < 1.29 is 14.3 Å². The smallest absolute Gasteiger partial charge is 0.256 e. The minimum atomic E-state index is -0.269. The molecule has 186 valence electrons. The van der Waals surface area contributed by atoms with E-state index in [1.807, 2.05) is 53.4 Å². The van der Waals surface area contributed by atoms with Gasteiger partial charge in [0.1, 0.15) is 6.17 Å². The first-order valence-electron chi connectivity index (χ1n) is 12.7. The number of piperidine rings is 1. The van der Waals surface area contributed by atoms with Gasteiger partial charge in [0.2, 0.25) is 0 Å². The Hall–Kier alpha value is -3.64. The van der Waals surface area contributed by atoms with Crippen LogP contribution in [-0.2, 0) is 11.2 Å². The van der Waals surface area contributed by atoms with Gasteiger partial charge in [0, 0.05) is 49.1 Å². The molecule has 0 saturated carbocycles. The molecule has 0 radical (unpaired) electrons.